The highest BCUT2D eigenvalue weighted by molar-refractivity contribution is 5.53. The summed E-state index contributed by atoms with van der Waals surface area (Å²) in [7, 11) is 0. The van der Waals surface area contributed by atoms with E-state index in [1.807, 2.05) is 12.1 Å². The van der Waals surface area contributed by atoms with Gasteiger partial charge in [-0.25, -0.2) is 0 Å². The standard InChI is InChI=1S/C13H17NO2/c1-2-3-4-5-6-8-12-9-7-10-13(11-12)14(15)16/h6-11H,2-5H2,1H3/b8-6-. The van der Waals surface area contributed by atoms with Gasteiger partial charge in [-0.15, -0.1) is 0 Å². The molecular formula is C13H17NO2. The molecule has 1 aromatic rings. The molecule has 0 spiro atoms. The predicted octanol–water partition coefficient (Wildman–Crippen LogP) is 4.19. The summed E-state index contributed by atoms with van der Waals surface area (Å²) >= 11 is 0. The Hall–Kier alpha value is -1.64. The zero-order chi connectivity index (χ0) is 11.8. The van der Waals surface area contributed by atoms with Crippen LogP contribution in [0.1, 0.15) is 38.2 Å². The Kier molecular flexibility index (Phi) is 5.26. The van der Waals surface area contributed by atoms with Gasteiger partial charge in [0.2, 0.25) is 0 Å². The Labute approximate surface area is 95.9 Å². The number of non-ortho nitro benzene ring substituents is 1. The van der Waals surface area contributed by atoms with Crippen molar-refractivity contribution in [1.29, 1.82) is 0 Å². The summed E-state index contributed by atoms with van der Waals surface area (Å²) in [4.78, 5) is 10.2. The van der Waals surface area contributed by atoms with Crippen LogP contribution in [0.5, 0.6) is 0 Å². The van der Waals surface area contributed by atoms with Gasteiger partial charge in [-0.3, -0.25) is 10.1 Å². The van der Waals surface area contributed by atoms with Crippen LogP contribution in [0.25, 0.3) is 6.08 Å². The first kappa shape index (κ1) is 12.4. The maximum absolute atomic E-state index is 10.5. The lowest BCUT2D eigenvalue weighted by Crippen LogP contribution is -1.87. The van der Waals surface area contributed by atoms with E-state index >= 15 is 0 Å². The first-order valence-corrected chi connectivity index (χ1v) is 5.65. The van der Waals surface area contributed by atoms with E-state index in [0.29, 0.717) is 0 Å². The third-order valence-corrected chi connectivity index (χ3v) is 2.37. The Morgan fingerprint density at radius 1 is 1.38 bits per heavy atom. The van der Waals surface area contributed by atoms with Crippen LogP contribution in [0, 0.1) is 10.1 Å². The van der Waals surface area contributed by atoms with Crippen LogP contribution >= 0.6 is 0 Å². The lowest BCUT2D eigenvalue weighted by molar-refractivity contribution is -0.384. The van der Waals surface area contributed by atoms with E-state index in [-0.39, 0.29) is 10.6 Å². The van der Waals surface area contributed by atoms with Crippen molar-refractivity contribution >= 4 is 11.8 Å². The molecule has 86 valence electrons. The summed E-state index contributed by atoms with van der Waals surface area (Å²) in [6.07, 6.45) is 8.69. The molecule has 0 amide bonds. The zero-order valence-corrected chi connectivity index (χ0v) is 9.56. The molecule has 16 heavy (non-hydrogen) atoms. The first-order valence-electron chi connectivity index (χ1n) is 5.65. The van der Waals surface area contributed by atoms with Gasteiger partial charge in [-0.05, 0) is 18.4 Å². The minimum absolute atomic E-state index is 0.149. The van der Waals surface area contributed by atoms with Gasteiger partial charge in [-0.2, -0.15) is 0 Å². The fourth-order valence-corrected chi connectivity index (χ4v) is 1.47. The summed E-state index contributed by atoms with van der Waals surface area (Å²) in [6.45, 7) is 2.17. The number of unbranched alkanes of at least 4 members (excludes halogenated alkanes) is 3. The molecule has 0 heterocycles. The summed E-state index contributed by atoms with van der Waals surface area (Å²) in [5.41, 5.74) is 1.04. The summed E-state index contributed by atoms with van der Waals surface area (Å²) < 4.78 is 0. The fraction of sp³-hybridized carbons (Fsp3) is 0.385. The average molecular weight is 219 g/mol. The Bertz CT molecular complexity index is 372. The van der Waals surface area contributed by atoms with Gasteiger partial charge in [0, 0.05) is 12.1 Å². The van der Waals surface area contributed by atoms with Crippen molar-refractivity contribution in [2.45, 2.75) is 32.6 Å². The second kappa shape index (κ2) is 6.77. The molecule has 0 saturated carbocycles. The van der Waals surface area contributed by atoms with Gasteiger partial charge >= 0.3 is 0 Å². The van der Waals surface area contributed by atoms with Crippen molar-refractivity contribution in [3.05, 3.63) is 46.0 Å². The molecule has 0 radical (unpaired) electrons. The molecule has 3 heteroatoms. The smallest absolute Gasteiger partial charge is 0.258 e. The molecule has 3 nitrogen and oxygen atoms in total. The number of nitrogens with zero attached hydrogens (tertiary/aromatic N) is 1. The molecule has 0 aliphatic heterocycles. The number of hydrogen-bond donors (Lipinski definition) is 0. The molecule has 1 rings (SSSR count). The van der Waals surface area contributed by atoms with E-state index < -0.39 is 0 Å². The van der Waals surface area contributed by atoms with Crippen LogP contribution in [0.4, 0.5) is 5.69 Å². The first-order chi connectivity index (χ1) is 7.74. The molecule has 0 bridgehead atoms. The molecule has 1 aromatic carbocycles. The van der Waals surface area contributed by atoms with Gasteiger partial charge in [0.15, 0.2) is 0 Å². The SMILES string of the molecule is CCCCC/C=C\c1cccc([N+](=O)[O-])c1. The monoisotopic (exact) mass is 219 g/mol. The van der Waals surface area contributed by atoms with Crippen LogP contribution in [-0.2, 0) is 0 Å². The number of nitro groups is 1. The zero-order valence-electron chi connectivity index (χ0n) is 9.56. The van der Waals surface area contributed by atoms with E-state index in [1.165, 1.54) is 25.3 Å². The van der Waals surface area contributed by atoms with E-state index in [4.69, 9.17) is 0 Å². The molecular weight excluding hydrogens is 202 g/mol. The number of benzene rings is 1. The van der Waals surface area contributed by atoms with Gasteiger partial charge < -0.3 is 0 Å². The van der Waals surface area contributed by atoms with Crippen LogP contribution in [-0.4, -0.2) is 4.92 Å². The fourth-order valence-electron chi connectivity index (χ4n) is 1.47. The molecule has 0 saturated heterocycles. The highest BCUT2D eigenvalue weighted by Crippen LogP contribution is 2.14. The quantitative estimate of drug-likeness (QED) is 0.409. The lowest BCUT2D eigenvalue weighted by Gasteiger charge is -1.95. The van der Waals surface area contributed by atoms with Crippen LogP contribution in [0.15, 0.2) is 30.3 Å². The second-order valence-electron chi connectivity index (χ2n) is 3.75. The van der Waals surface area contributed by atoms with Gasteiger partial charge in [0.25, 0.3) is 5.69 Å². The summed E-state index contributed by atoms with van der Waals surface area (Å²) in [5.74, 6) is 0. The number of allylic oxidation sites excluding steroid dienone is 1. The molecule has 0 aromatic heterocycles. The normalized spacial score (nSPS) is 10.8. The van der Waals surface area contributed by atoms with Crippen molar-refractivity contribution in [1.82, 2.24) is 0 Å². The average Bonchev–Trinajstić information content (AvgIpc) is 2.29. The van der Waals surface area contributed by atoms with Crippen molar-refractivity contribution in [3.8, 4) is 0 Å². The maximum atomic E-state index is 10.5. The van der Waals surface area contributed by atoms with E-state index in [2.05, 4.69) is 13.0 Å². The second-order valence-corrected chi connectivity index (χ2v) is 3.75. The number of nitro benzene ring substituents is 1. The van der Waals surface area contributed by atoms with E-state index in [9.17, 15) is 10.1 Å². The van der Waals surface area contributed by atoms with E-state index in [0.717, 1.165) is 12.0 Å². The Morgan fingerprint density at radius 2 is 2.19 bits per heavy atom. The molecule has 0 atom stereocenters. The molecule has 0 unspecified atom stereocenters. The maximum Gasteiger partial charge on any atom is 0.270 e. The summed E-state index contributed by atoms with van der Waals surface area (Å²) in [5, 5.41) is 10.5. The van der Waals surface area contributed by atoms with E-state index in [1.54, 1.807) is 12.1 Å². The van der Waals surface area contributed by atoms with Gasteiger partial charge in [0.1, 0.15) is 0 Å². The number of hydrogen-bond acceptors (Lipinski definition) is 2. The van der Waals surface area contributed by atoms with Crippen LogP contribution < -0.4 is 0 Å². The topological polar surface area (TPSA) is 43.1 Å². The molecule has 0 aliphatic carbocycles. The molecule has 0 aliphatic rings. The molecule has 0 N–H and O–H groups in total. The van der Waals surface area contributed by atoms with Gasteiger partial charge in [0.05, 0.1) is 4.92 Å². The van der Waals surface area contributed by atoms with Crippen LogP contribution in [0.2, 0.25) is 0 Å². The Morgan fingerprint density at radius 3 is 2.88 bits per heavy atom. The summed E-state index contributed by atoms with van der Waals surface area (Å²) in [6, 6.07) is 6.69. The van der Waals surface area contributed by atoms with Crippen molar-refractivity contribution < 1.29 is 4.92 Å². The molecule has 0 fully saturated rings. The van der Waals surface area contributed by atoms with Gasteiger partial charge in [-0.1, -0.05) is 44.1 Å². The Balaban J connectivity index is 2.53. The van der Waals surface area contributed by atoms with Crippen molar-refractivity contribution in [2.24, 2.45) is 0 Å². The van der Waals surface area contributed by atoms with Crippen LogP contribution in [0.3, 0.4) is 0 Å². The lowest BCUT2D eigenvalue weighted by atomic mass is 10.1. The third-order valence-electron chi connectivity index (χ3n) is 2.37. The van der Waals surface area contributed by atoms with Crippen molar-refractivity contribution in [2.75, 3.05) is 0 Å². The largest absolute Gasteiger partial charge is 0.270 e. The third kappa shape index (κ3) is 4.26. The minimum atomic E-state index is -0.367. The highest BCUT2D eigenvalue weighted by atomic mass is 16.6. The minimum Gasteiger partial charge on any atom is -0.258 e. The number of rotatable bonds is 6. The highest BCUT2D eigenvalue weighted by Gasteiger charge is 2.03. The van der Waals surface area contributed by atoms with Crippen molar-refractivity contribution in [3.63, 3.8) is 0 Å². The predicted molar refractivity (Wildman–Crippen MR) is 66.3 cm³/mol.